The molecular weight excluding hydrogens is 278 g/mol. The Morgan fingerprint density at radius 1 is 1.53 bits per heavy atom. The van der Waals surface area contributed by atoms with E-state index in [1.807, 2.05) is 0 Å². The highest BCUT2D eigenvalue weighted by molar-refractivity contribution is 9.10. The van der Waals surface area contributed by atoms with Crippen molar-refractivity contribution >= 4 is 40.4 Å². The van der Waals surface area contributed by atoms with Crippen LogP contribution in [0.5, 0.6) is 0 Å². The minimum atomic E-state index is 0.0800. The number of hydrogen-bond acceptors (Lipinski definition) is 4. The van der Waals surface area contributed by atoms with Crippen LogP contribution in [0, 0.1) is 5.92 Å². The number of carbonyl (C=O) groups excluding carboxylic acids is 1. The molecular formula is C9H10BrN3OS. The highest BCUT2D eigenvalue weighted by Gasteiger charge is 2.31. The van der Waals surface area contributed by atoms with Crippen molar-refractivity contribution in [3.05, 3.63) is 16.9 Å². The van der Waals surface area contributed by atoms with Crippen LogP contribution in [0.1, 0.15) is 6.42 Å². The molecule has 6 heteroatoms. The summed E-state index contributed by atoms with van der Waals surface area (Å²) in [5, 5.41) is 0. The normalized spacial score (nSPS) is 21.1. The minimum Gasteiger partial charge on any atom is -0.280 e. The molecule has 0 aliphatic carbocycles. The SMILES string of the molecule is O=C1CC(CS)CN1c1ncc(Br)cn1. The Bertz CT molecular complexity index is 370. The molecule has 1 aliphatic heterocycles. The number of nitrogens with zero attached hydrogens (tertiary/aromatic N) is 3. The zero-order valence-corrected chi connectivity index (χ0v) is 10.4. The predicted molar refractivity (Wildman–Crippen MR) is 64.0 cm³/mol. The molecule has 2 rings (SSSR count). The van der Waals surface area contributed by atoms with Gasteiger partial charge in [0.15, 0.2) is 0 Å². The van der Waals surface area contributed by atoms with Crippen molar-refractivity contribution in [3.8, 4) is 0 Å². The summed E-state index contributed by atoms with van der Waals surface area (Å²) in [6, 6.07) is 0. The molecule has 1 aromatic heterocycles. The van der Waals surface area contributed by atoms with Crippen molar-refractivity contribution in [2.45, 2.75) is 6.42 Å². The van der Waals surface area contributed by atoms with Gasteiger partial charge in [0, 0.05) is 25.4 Å². The molecule has 4 nitrogen and oxygen atoms in total. The lowest BCUT2D eigenvalue weighted by Crippen LogP contribution is -2.26. The van der Waals surface area contributed by atoms with Gasteiger partial charge < -0.3 is 0 Å². The van der Waals surface area contributed by atoms with E-state index in [2.05, 4.69) is 38.5 Å². The topological polar surface area (TPSA) is 46.1 Å². The second-order valence-electron chi connectivity index (χ2n) is 3.46. The van der Waals surface area contributed by atoms with E-state index in [-0.39, 0.29) is 5.91 Å². The molecule has 1 fully saturated rings. The monoisotopic (exact) mass is 287 g/mol. The Hall–Kier alpha value is -0.620. The molecule has 0 N–H and O–H groups in total. The summed E-state index contributed by atoms with van der Waals surface area (Å²) in [5.74, 6) is 1.59. The Morgan fingerprint density at radius 2 is 2.20 bits per heavy atom. The molecule has 15 heavy (non-hydrogen) atoms. The number of halogens is 1. The van der Waals surface area contributed by atoms with Crippen LogP contribution < -0.4 is 4.90 Å². The van der Waals surface area contributed by atoms with Crippen LogP contribution in [0.3, 0.4) is 0 Å². The van der Waals surface area contributed by atoms with E-state index in [4.69, 9.17) is 0 Å². The third-order valence-corrected chi connectivity index (χ3v) is 3.24. The van der Waals surface area contributed by atoms with Crippen molar-refractivity contribution in [2.24, 2.45) is 5.92 Å². The number of amides is 1. The van der Waals surface area contributed by atoms with E-state index in [0.717, 1.165) is 10.2 Å². The van der Waals surface area contributed by atoms with Gasteiger partial charge in [0.2, 0.25) is 11.9 Å². The fourth-order valence-corrected chi connectivity index (χ4v) is 1.99. The van der Waals surface area contributed by atoms with Crippen molar-refractivity contribution in [1.29, 1.82) is 0 Å². The summed E-state index contributed by atoms with van der Waals surface area (Å²) in [6.45, 7) is 0.671. The number of aromatic nitrogens is 2. The van der Waals surface area contributed by atoms with Crippen molar-refractivity contribution in [2.75, 3.05) is 17.2 Å². The maximum absolute atomic E-state index is 11.6. The largest absolute Gasteiger partial charge is 0.280 e. The maximum atomic E-state index is 11.6. The van der Waals surface area contributed by atoms with Crippen LogP contribution in [0.4, 0.5) is 5.95 Å². The Morgan fingerprint density at radius 3 is 2.73 bits per heavy atom. The Labute approximate surface area is 102 Å². The van der Waals surface area contributed by atoms with E-state index >= 15 is 0 Å². The average molecular weight is 288 g/mol. The number of hydrogen-bond donors (Lipinski definition) is 1. The molecule has 1 atom stereocenters. The lowest BCUT2D eigenvalue weighted by Gasteiger charge is -2.13. The molecule has 1 aromatic rings. The summed E-state index contributed by atoms with van der Waals surface area (Å²) in [6.07, 6.45) is 3.83. The van der Waals surface area contributed by atoms with E-state index in [9.17, 15) is 4.79 Å². The quantitative estimate of drug-likeness (QED) is 0.839. The highest BCUT2D eigenvalue weighted by Crippen LogP contribution is 2.22. The first-order chi connectivity index (χ1) is 7.20. The van der Waals surface area contributed by atoms with Gasteiger partial charge in [-0.25, -0.2) is 9.97 Å². The second-order valence-corrected chi connectivity index (χ2v) is 4.74. The molecule has 1 saturated heterocycles. The van der Waals surface area contributed by atoms with E-state index in [1.165, 1.54) is 0 Å². The first-order valence-electron chi connectivity index (χ1n) is 4.59. The third-order valence-electron chi connectivity index (χ3n) is 2.31. The molecule has 80 valence electrons. The van der Waals surface area contributed by atoms with Gasteiger partial charge in [0.05, 0.1) is 4.47 Å². The fraction of sp³-hybridized carbons (Fsp3) is 0.444. The number of carbonyl (C=O) groups is 1. The highest BCUT2D eigenvalue weighted by atomic mass is 79.9. The van der Waals surface area contributed by atoms with Gasteiger partial charge in [-0.1, -0.05) is 0 Å². The Kier molecular flexibility index (Phi) is 3.25. The van der Waals surface area contributed by atoms with E-state index in [0.29, 0.717) is 24.8 Å². The summed E-state index contributed by atoms with van der Waals surface area (Å²) in [4.78, 5) is 21.5. The van der Waals surface area contributed by atoms with Crippen molar-refractivity contribution in [3.63, 3.8) is 0 Å². The molecule has 0 spiro atoms. The second kappa shape index (κ2) is 4.49. The smallest absolute Gasteiger partial charge is 0.232 e. The fourth-order valence-electron chi connectivity index (χ4n) is 1.54. The number of anilines is 1. The van der Waals surface area contributed by atoms with Crippen LogP contribution in [0.25, 0.3) is 0 Å². The van der Waals surface area contributed by atoms with E-state index in [1.54, 1.807) is 17.3 Å². The number of rotatable bonds is 2. The van der Waals surface area contributed by atoms with Crippen molar-refractivity contribution < 1.29 is 4.79 Å². The van der Waals surface area contributed by atoms with Crippen LogP contribution in [-0.4, -0.2) is 28.2 Å². The third kappa shape index (κ3) is 2.31. The maximum Gasteiger partial charge on any atom is 0.232 e. The zero-order valence-electron chi connectivity index (χ0n) is 7.93. The van der Waals surface area contributed by atoms with Crippen LogP contribution in [0.15, 0.2) is 16.9 Å². The molecule has 1 aliphatic rings. The van der Waals surface area contributed by atoms with E-state index < -0.39 is 0 Å². The van der Waals surface area contributed by atoms with Gasteiger partial charge in [-0.15, -0.1) is 0 Å². The molecule has 0 radical (unpaired) electrons. The predicted octanol–water partition coefficient (Wildman–Crippen LogP) is 1.52. The standard InChI is InChI=1S/C9H10BrN3OS/c10-7-2-11-9(12-3-7)13-4-6(5-15)1-8(13)14/h2-3,6,15H,1,4-5H2. The first-order valence-corrected chi connectivity index (χ1v) is 6.02. The molecule has 0 bridgehead atoms. The lowest BCUT2D eigenvalue weighted by molar-refractivity contribution is -0.117. The average Bonchev–Trinajstić information content (AvgIpc) is 2.61. The first kappa shape index (κ1) is 10.9. The zero-order chi connectivity index (χ0) is 10.8. The van der Waals surface area contributed by atoms with Gasteiger partial charge in [-0.05, 0) is 27.6 Å². The summed E-state index contributed by atoms with van der Waals surface area (Å²) in [5.41, 5.74) is 0. The minimum absolute atomic E-state index is 0.0800. The molecule has 0 aromatic carbocycles. The van der Waals surface area contributed by atoms with Crippen LogP contribution in [-0.2, 0) is 4.79 Å². The summed E-state index contributed by atoms with van der Waals surface area (Å²) in [7, 11) is 0. The Balaban J connectivity index is 2.18. The lowest BCUT2D eigenvalue weighted by atomic mass is 10.1. The summed E-state index contributed by atoms with van der Waals surface area (Å²) < 4.78 is 0.809. The molecule has 1 unspecified atom stereocenters. The van der Waals surface area contributed by atoms with Gasteiger partial charge in [-0.3, -0.25) is 9.69 Å². The van der Waals surface area contributed by atoms with Crippen LogP contribution in [0.2, 0.25) is 0 Å². The van der Waals surface area contributed by atoms with Crippen molar-refractivity contribution in [1.82, 2.24) is 9.97 Å². The van der Waals surface area contributed by atoms with Crippen LogP contribution >= 0.6 is 28.6 Å². The van der Waals surface area contributed by atoms with Gasteiger partial charge in [0.1, 0.15) is 0 Å². The number of thiol groups is 1. The van der Waals surface area contributed by atoms with Gasteiger partial charge >= 0.3 is 0 Å². The molecule has 0 saturated carbocycles. The summed E-state index contributed by atoms with van der Waals surface area (Å²) >= 11 is 7.45. The van der Waals surface area contributed by atoms with Gasteiger partial charge in [-0.2, -0.15) is 12.6 Å². The molecule has 2 heterocycles. The molecule has 1 amide bonds. The van der Waals surface area contributed by atoms with Gasteiger partial charge in [0.25, 0.3) is 0 Å².